The number of carbonyl (C=O) groups is 3. The first-order valence-electron chi connectivity index (χ1n) is 9.72. The summed E-state index contributed by atoms with van der Waals surface area (Å²) in [6.45, 7) is 8.19. The molecule has 0 radical (unpaired) electrons. The van der Waals surface area contributed by atoms with Gasteiger partial charge in [-0.1, -0.05) is 38.4 Å². The molecule has 1 saturated carbocycles. The smallest absolute Gasteiger partial charge is 0.324 e. The Labute approximate surface area is 171 Å². The van der Waals surface area contributed by atoms with E-state index in [1.807, 2.05) is 6.92 Å². The molecule has 2 fully saturated rings. The standard InChI is InChI=1S/C21H28ClN3O3/c1-13-5-6-15(11-16(13)22)23-17(26)12-25-18(27)21(24-19(25)28)9-7-14(8-10-21)20(2,3)4/h5-6,11,14H,7-10,12H2,1-4H3,(H,23,26)(H,24,28). The van der Waals surface area contributed by atoms with Crippen molar-refractivity contribution in [1.82, 2.24) is 10.2 Å². The van der Waals surface area contributed by atoms with Crippen LogP contribution < -0.4 is 10.6 Å². The number of amides is 4. The lowest BCUT2D eigenvalue weighted by Crippen LogP contribution is -2.50. The maximum Gasteiger partial charge on any atom is 0.325 e. The third kappa shape index (κ3) is 4.02. The Bertz CT molecular complexity index is 808. The normalized spacial score (nSPS) is 25.2. The summed E-state index contributed by atoms with van der Waals surface area (Å²) in [5.41, 5.74) is 0.767. The van der Waals surface area contributed by atoms with Gasteiger partial charge in [-0.05, 0) is 61.6 Å². The fraction of sp³-hybridized carbons (Fsp3) is 0.571. The molecule has 0 atom stereocenters. The van der Waals surface area contributed by atoms with Crippen molar-refractivity contribution in [3.63, 3.8) is 0 Å². The second kappa shape index (κ2) is 7.39. The summed E-state index contributed by atoms with van der Waals surface area (Å²) in [5, 5.41) is 6.11. The molecule has 0 bridgehead atoms. The average molecular weight is 406 g/mol. The first-order valence-corrected chi connectivity index (χ1v) is 10.1. The molecule has 1 aliphatic heterocycles. The molecule has 1 saturated heterocycles. The van der Waals surface area contributed by atoms with Crippen LogP contribution in [0.5, 0.6) is 0 Å². The van der Waals surface area contributed by atoms with Crippen LogP contribution in [-0.2, 0) is 9.59 Å². The Morgan fingerprint density at radius 1 is 1.29 bits per heavy atom. The molecule has 1 spiro atoms. The molecule has 4 amide bonds. The Morgan fingerprint density at radius 3 is 2.50 bits per heavy atom. The van der Waals surface area contributed by atoms with E-state index in [2.05, 4.69) is 31.4 Å². The van der Waals surface area contributed by atoms with Gasteiger partial charge in [0.2, 0.25) is 5.91 Å². The number of nitrogens with zero attached hydrogens (tertiary/aromatic N) is 1. The van der Waals surface area contributed by atoms with E-state index in [-0.39, 0.29) is 17.9 Å². The highest BCUT2D eigenvalue weighted by molar-refractivity contribution is 6.31. The average Bonchev–Trinajstić information content (AvgIpc) is 2.82. The van der Waals surface area contributed by atoms with Crippen LogP contribution in [0.2, 0.25) is 5.02 Å². The SMILES string of the molecule is Cc1ccc(NC(=O)CN2C(=O)NC3(CCC(C(C)(C)C)CC3)C2=O)cc1Cl. The van der Waals surface area contributed by atoms with Crippen LogP contribution in [0, 0.1) is 18.3 Å². The van der Waals surface area contributed by atoms with Crippen molar-refractivity contribution in [2.75, 3.05) is 11.9 Å². The first kappa shape index (κ1) is 20.6. The van der Waals surface area contributed by atoms with Gasteiger partial charge < -0.3 is 10.6 Å². The minimum Gasteiger partial charge on any atom is -0.324 e. The van der Waals surface area contributed by atoms with Gasteiger partial charge in [-0.25, -0.2) is 4.79 Å². The minimum absolute atomic E-state index is 0.183. The van der Waals surface area contributed by atoms with E-state index in [0.29, 0.717) is 29.5 Å². The molecule has 1 aromatic rings. The number of benzene rings is 1. The molecule has 152 valence electrons. The molecule has 6 nitrogen and oxygen atoms in total. The number of nitrogens with one attached hydrogen (secondary N) is 2. The van der Waals surface area contributed by atoms with Crippen molar-refractivity contribution >= 4 is 35.1 Å². The lowest BCUT2D eigenvalue weighted by Gasteiger charge is -2.40. The summed E-state index contributed by atoms with van der Waals surface area (Å²) in [5.74, 6) is -0.197. The molecular weight excluding hydrogens is 378 g/mol. The van der Waals surface area contributed by atoms with Crippen LogP contribution in [0.15, 0.2) is 18.2 Å². The van der Waals surface area contributed by atoms with Gasteiger partial charge in [0, 0.05) is 10.7 Å². The van der Waals surface area contributed by atoms with E-state index in [1.54, 1.807) is 18.2 Å². The number of hydrogen-bond donors (Lipinski definition) is 2. The van der Waals surface area contributed by atoms with Gasteiger partial charge in [0.15, 0.2) is 0 Å². The Morgan fingerprint density at radius 2 is 1.93 bits per heavy atom. The fourth-order valence-electron chi connectivity index (χ4n) is 4.15. The fourth-order valence-corrected chi connectivity index (χ4v) is 4.33. The molecule has 3 rings (SSSR count). The number of hydrogen-bond acceptors (Lipinski definition) is 3. The molecule has 1 aliphatic carbocycles. The van der Waals surface area contributed by atoms with Crippen molar-refractivity contribution in [2.45, 2.75) is 58.9 Å². The highest BCUT2D eigenvalue weighted by Crippen LogP contribution is 2.43. The number of carbonyl (C=O) groups excluding carboxylic acids is 3. The van der Waals surface area contributed by atoms with Gasteiger partial charge in [-0.3, -0.25) is 14.5 Å². The van der Waals surface area contributed by atoms with Gasteiger partial charge in [-0.2, -0.15) is 0 Å². The van der Waals surface area contributed by atoms with Crippen molar-refractivity contribution in [3.05, 3.63) is 28.8 Å². The largest absolute Gasteiger partial charge is 0.325 e. The predicted octanol–water partition coefficient (Wildman–Crippen LogP) is 4.11. The molecule has 1 aromatic carbocycles. The van der Waals surface area contributed by atoms with Gasteiger partial charge in [0.05, 0.1) is 0 Å². The number of rotatable bonds is 3. The second-order valence-corrected chi connectivity index (χ2v) is 9.46. The third-order valence-corrected chi connectivity index (χ3v) is 6.47. The maximum absolute atomic E-state index is 13.0. The quantitative estimate of drug-likeness (QED) is 0.742. The predicted molar refractivity (Wildman–Crippen MR) is 109 cm³/mol. The molecule has 7 heteroatoms. The summed E-state index contributed by atoms with van der Waals surface area (Å²) in [7, 11) is 0. The zero-order valence-corrected chi connectivity index (χ0v) is 17.7. The zero-order valence-electron chi connectivity index (χ0n) is 16.9. The van der Waals surface area contributed by atoms with Gasteiger partial charge >= 0.3 is 6.03 Å². The van der Waals surface area contributed by atoms with Crippen molar-refractivity contribution in [3.8, 4) is 0 Å². The summed E-state index contributed by atoms with van der Waals surface area (Å²) >= 11 is 6.08. The highest BCUT2D eigenvalue weighted by Gasteiger charge is 2.53. The number of anilines is 1. The van der Waals surface area contributed by atoms with E-state index in [4.69, 9.17) is 11.6 Å². The third-order valence-electron chi connectivity index (χ3n) is 6.07. The number of urea groups is 1. The Balaban J connectivity index is 1.64. The van der Waals surface area contributed by atoms with Gasteiger partial charge in [0.25, 0.3) is 5.91 Å². The summed E-state index contributed by atoms with van der Waals surface area (Å²) in [6, 6.07) is 4.70. The summed E-state index contributed by atoms with van der Waals surface area (Å²) < 4.78 is 0. The molecule has 28 heavy (non-hydrogen) atoms. The van der Waals surface area contributed by atoms with E-state index < -0.39 is 17.5 Å². The van der Waals surface area contributed by atoms with Crippen LogP contribution in [0.25, 0.3) is 0 Å². The molecule has 0 aromatic heterocycles. The molecular formula is C21H28ClN3O3. The lowest BCUT2D eigenvalue weighted by atomic mass is 9.67. The van der Waals surface area contributed by atoms with Crippen LogP contribution in [0.1, 0.15) is 52.0 Å². The lowest BCUT2D eigenvalue weighted by molar-refractivity contribution is -0.135. The Hall–Kier alpha value is -2.08. The molecule has 2 aliphatic rings. The highest BCUT2D eigenvalue weighted by atomic mass is 35.5. The Kier molecular flexibility index (Phi) is 5.45. The maximum atomic E-state index is 13.0. The second-order valence-electron chi connectivity index (χ2n) is 9.06. The van der Waals surface area contributed by atoms with Crippen LogP contribution in [0.4, 0.5) is 10.5 Å². The molecule has 0 unspecified atom stereocenters. The monoisotopic (exact) mass is 405 g/mol. The van der Waals surface area contributed by atoms with Crippen molar-refractivity contribution < 1.29 is 14.4 Å². The van der Waals surface area contributed by atoms with Gasteiger partial charge in [-0.15, -0.1) is 0 Å². The van der Waals surface area contributed by atoms with Gasteiger partial charge in [0.1, 0.15) is 12.1 Å². The van der Waals surface area contributed by atoms with E-state index >= 15 is 0 Å². The summed E-state index contributed by atoms with van der Waals surface area (Å²) in [4.78, 5) is 38.8. The number of halogens is 1. The summed E-state index contributed by atoms with van der Waals surface area (Å²) in [6.07, 6.45) is 3.01. The van der Waals surface area contributed by atoms with Crippen LogP contribution >= 0.6 is 11.6 Å². The topological polar surface area (TPSA) is 78.5 Å². The minimum atomic E-state index is -0.855. The van der Waals surface area contributed by atoms with Crippen LogP contribution in [0.3, 0.4) is 0 Å². The van der Waals surface area contributed by atoms with Crippen molar-refractivity contribution in [1.29, 1.82) is 0 Å². The van der Waals surface area contributed by atoms with E-state index in [0.717, 1.165) is 23.3 Å². The number of aryl methyl sites for hydroxylation is 1. The molecule has 2 N–H and O–H groups in total. The molecule has 1 heterocycles. The number of imide groups is 1. The van der Waals surface area contributed by atoms with Crippen molar-refractivity contribution in [2.24, 2.45) is 11.3 Å². The zero-order chi connectivity index (χ0) is 20.7. The first-order chi connectivity index (χ1) is 13.0. The van der Waals surface area contributed by atoms with E-state index in [1.165, 1.54) is 0 Å². The van der Waals surface area contributed by atoms with E-state index in [9.17, 15) is 14.4 Å². The van der Waals surface area contributed by atoms with Crippen LogP contribution in [-0.4, -0.2) is 34.8 Å².